The Balaban J connectivity index is 2.34. The van der Waals surface area contributed by atoms with Gasteiger partial charge in [0.1, 0.15) is 0 Å². The largest absolute Gasteiger partial charge is 0.469 e. The van der Waals surface area contributed by atoms with Gasteiger partial charge in [-0.05, 0) is 32.8 Å². The van der Waals surface area contributed by atoms with Crippen LogP contribution < -0.4 is 4.72 Å². The average molecular weight is 319 g/mol. The maximum atomic E-state index is 12.1. The van der Waals surface area contributed by atoms with Gasteiger partial charge in [0.15, 0.2) is 0 Å². The van der Waals surface area contributed by atoms with Gasteiger partial charge in [-0.25, -0.2) is 13.1 Å². The minimum Gasteiger partial charge on any atom is -0.469 e. The summed E-state index contributed by atoms with van der Waals surface area (Å²) in [6.07, 6.45) is 2.59. The van der Waals surface area contributed by atoms with Crippen molar-refractivity contribution in [2.75, 3.05) is 13.7 Å². The van der Waals surface area contributed by atoms with E-state index in [0.29, 0.717) is 30.7 Å². The first-order chi connectivity index (χ1) is 9.36. The van der Waals surface area contributed by atoms with E-state index in [1.807, 2.05) is 13.8 Å². The van der Waals surface area contributed by atoms with Crippen molar-refractivity contribution in [3.63, 3.8) is 0 Å². The molecule has 1 heterocycles. The van der Waals surface area contributed by atoms with Gasteiger partial charge in [-0.15, -0.1) is 11.3 Å². The number of nitrogens with one attached hydrogen (secondary N) is 1. The van der Waals surface area contributed by atoms with E-state index in [1.54, 1.807) is 6.07 Å². The summed E-state index contributed by atoms with van der Waals surface area (Å²) in [7, 11) is -2.05. The Morgan fingerprint density at radius 2 is 2.00 bits per heavy atom. The molecule has 0 aliphatic rings. The van der Waals surface area contributed by atoms with E-state index in [2.05, 4.69) is 9.46 Å². The van der Waals surface area contributed by atoms with Crippen LogP contribution in [-0.4, -0.2) is 28.0 Å². The molecule has 1 N–H and O–H groups in total. The SMILES string of the molecule is COC(=O)CCCCCNS(=O)(=O)c1cc(C)sc1C. The fourth-order valence-corrected chi connectivity index (χ4v) is 4.46. The molecule has 1 aromatic heterocycles. The average Bonchev–Trinajstić information content (AvgIpc) is 2.73. The number of methoxy groups -OCH3 is 1. The number of hydrogen-bond donors (Lipinski definition) is 1. The number of esters is 1. The lowest BCUT2D eigenvalue weighted by molar-refractivity contribution is -0.140. The Kier molecular flexibility index (Phi) is 6.64. The van der Waals surface area contributed by atoms with Crippen LogP contribution in [0.25, 0.3) is 0 Å². The predicted molar refractivity (Wildman–Crippen MR) is 79.5 cm³/mol. The van der Waals surface area contributed by atoms with Crippen molar-refractivity contribution in [2.45, 2.75) is 44.4 Å². The van der Waals surface area contributed by atoms with Crippen molar-refractivity contribution in [1.29, 1.82) is 0 Å². The van der Waals surface area contributed by atoms with Crippen molar-refractivity contribution < 1.29 is 17.9 Å². The number of aryl methyl sites for hydroxylation is 2. The Bertz CT molecular complexity index is 549. The molecule has 5 nitrogen and oxygen atoms in total. The molecule has 0 aromatic carbocycles. The second-order valence-corrected chi connectivity index (χ2v) is 7.76. The smallest absolute Gasteiger partial charge is 0.305 e. The van der Waals surface area contributed by atoms with Gasteiger partial charge in [0.2, 0.25) is 10.0 Å². The van der Waals surface area contributed by atoms with Gasteiger partial charge in [-0.1, -0.05) is 6.42 Å². The zero-order valence-corrected chi connectivity index (χ0v) is 13.7. The minimum absolute atomic E-state index is 0.227. The number of unbranched alkanes of at least 4 members (excludes halogenated alkanes) is 2. The van der Waals surface area contributed by atoms with E-state index >= 15 is 0 Å². The Hall–Kier alpha value is -0.920. The minimum atomic E-state index is -3.41. The number of carbonyl (C=O) groups excluding carboxylic acids is 1. The Labute approximate surface area is 124 Å². The van der Waals surface area contributed by atoms with Crippen LogP contribution in [0, 0.1) is 13.8 Å². The summed E-state index contributed by atoms with van der Waals surface area (Å²) in [6, 6.07) is 1.69. The predicted octanol–water partition coefficient (Wildman–Crippen LogP) is 2.38. The van der Waals surface area contributed by atoms with E-state index in [9.17, 15) is 13.2 Å². The van der Waals surface area contributed by atoms with Crippen molar-refractivity contribution in [2.24, 2.45) is 0 Å². The van der Waals surface area contributed by atoms with Crippen LogP contribution in [0.5, 0.6) is 0 Å². The number of hydrogen-bond acceptors (Lipinski definition) is 5. The standard InChI is InChI=1S/C13H21NO4S2/c1-10-9-12(11(2)19-10)20(16,17)14-8-6-4-5-7-13(15)18-3/h9,14H,4-8H2,1-3H3. The van der Waals surface area contributed by atoms with Crippen LogP contribution in [0.1, 0.15) is 35.4 Å². The van der Waals surface area contributed by atoms with Gasteiger partial charge < -0.3 is 4.74 Å². The fourth-order valence-electron chi connectivity index (χ4n) is 1.83. The molecule has 0 unspecified atom stereocenters. The molecule has 1 rings (SSSR count). The Morgan fingerprint density at radius 1 is 1.30 bits per heavy atom. The molecular weight excluding hydrogens is 298 g/mol. The summed E-state index contributed by atoms with van der Waals surface area (Å²) in [5.74, 6) is -0.227. The van der Waals surface area contributed by atoms with Gasteiger partial charge >= 0.3 is 5.97 Å². The lowest BCUT2D eigenvalue weighted by Crippen LogP contribution is -2.25. The molecule has 0 saturated heterocycles. The van der Waals surface area contributed by atoms with Crippen molar-refractivity contribution in [3.05, 3.63) is 15.8 Å². The van der Waals surface area contributed by atoms with E-state index in [4.69, 9.17) is 0 Å². The maximum absolute atomic E-state index is 12.1. The van der Waals surface area contributed by atoms with Crippen LogP contribution >= 0.6 is 11.3 Å². The number of thiophene rings is 1. The number of sulfonamides is 1. The fraction of sp³-hybridized carbons (Fsp3) is 0.615. The maximum Gasteiger partial charge on any atom is 0.305 e. The van der Waals surface area contributed by atoms with Crippen molar-refractivity contribution in [3.8, 4) is 0 Å². The first-order valence-electron chi connectivity index (χ1n) is 6.50. The van der Waals surface area contributed by atoms with Gasteiger partial charge in [0.25, 0.3) is 0 Å². The molecule has 0 aliphatic heterocycles. The number of rotatable bonds is 8. The third-order valence-electron chi connectivity index (χ3n) is 2.86. The molecule has 0 bridgehead atoms. The number of carbonyl (C=O) groups is 1. The summed E-state index contributed by atoms with van der Waals surface area (Å²) >= 11 is 1.48. The highest BCUT2D eigenvalue weighted by molar-refractivity contribution is 7.89. The highest BCUT2D eigenvalue weighted by Gasteiger charge is 2.18. The quantitative estimate of drug-likeness (QED) is 0.590. The summed E-state index contributed by atoms with van der Waals surface area (Å²) in [6.45, 7) is 4.09. The Morgan fingerprint density at radius 3 is 2.55 bits per heavy atom. The van der Waals surface area contributed by atoms with E-state index in [1.165, 1.54) is 18.4 Å². The molecular formula is C13H21NO4S2. The summed E-state index contributed by atoms with van der Waals surface area (Å²) in [5, 5.41) is 0. The van der Waals surface area contributed by atoms with E-state index in [0.717, 1.165) is 16.2 Å². The molecule has 0 spiro atoms. The highest BCUT2D eigenvalue weighted by Crippen LogP contribution is 2.24. The van der Waals surface area contributed by atoms with Gasteiger partial charge in [-0.3, -0.25) is 4.79 Å². The lowest BCUT2D eigenvalue weighted by Gasteiger charge is -2.06. The molecule has 0 fully saturated rings. The van der Waals surface area contributed by atoms with Gasteiger partial charge in [0.05, 0.1) is 12.0 Å². The topological polar surface area (TPSA) is 72.5 Å². The van der Waals surface area contributed by atoms with E-state index < -0.39 is 10.0 Å². The molecule has 1 aromatic rings. The zero-order valence-electron chi connectivity index (χ0n) is 12.1. The molecule has 0 radical (unpaired) electrons. The normalized spacial score (nSPS) is 11.6. The molecule has 0 saturated carbocycles. The van der Waals surface area contributed by atoms with Crippen LogP contribution in [0.2, 0.25) is 0 Å². The molecule has 0 atom stereocenters. The molecule has 114 valence electrons. The molecule has 20 heavy (non-hydrogen) atoms. The molecule has 7 heteroatoms. The van der Waals surface area contributed by atoms with Crippen LogP contribution in [-0.2, 0) is 19.6 Å². The first-order valence-corrected chi connectivity index (χ1v) is 8.80. The zero-order chi connectivity index (χ0) is 15.2. The highest BCUT2D eigenvalue weighted by atomic mass is 32.2. The molecule has 0 aliphatic carbocycles. The number of ether oxygens (including phenoxy) is 1. The first kappa shape index (κ1) is 17.1. The van der Waals surface area contributed by atoms with Crippen molar-refractivity contribution in [1.82, 2.24) is 4.72 Å². The van der Waals surface area contributed by atoms with Gasteiger partial charge in [0, 0.05) is 22.7 Å². The second kappa shape index (κ2) is 7.75. The monoisotopic (exact) mass is 319 g/mol. The molecule has 0 amide bonds. The third kappa shape index (κ3) is 5.22. The van der Waals surface area contributed by atoms with Crippen LogP contribution in [0.15, 0.2) is 11.0 Å². The summed E-state index contributed by atoms with van der Waals surface area (Å²) in [4.78, 5) is 13.1. The van der Waals surface area contributed by atoms with E-state index in [-0.39, 0.29) is 5.97 Å². The van der Waals surface area contributed by atoms with Crippen molar-refractivity contribution >= 4 is 27.3 Å². The third-order valence-corrected chi connectivity index (χ3v) is 5.54. The lowest BCUT2D eigenvalue weighted by atomic mass is 10.2. The van der Waals surface area contributed by atoms with Gasteiger partial charge in [-0.2, -0.15) is 0 Å². The summed E-state index contributed by atoms with van der Waals surface area (Å²) < 4.78 is 31.3. The van der Waals surface area contributed by atoms with Crippen LogP contribution in [0.4, 0.5) is 0 Å². The second-order valence-electron chi connectivity index (χ2n) is 4.56. The summed E-state index contributed by atoms with van der Waals surface area (Å²) in [5.41, 5.74) is 0. The van der Waals surface area contributed by atoms with Crippen LogP contribution in [0.3, 0.4) is 0 Å².